The molecule has 194 valence electrons. The van der Waals surface area contributed by atoms with Gasteiger partial charge in [-0.1, -0.05) is 25.1 Å². The summed E-state index contributed by atoms with van der Waals surface area (Å²) in [5, 5.41) is 0. The number of carbonyl (C=O) groups is 1. The molecule has 5 heteroatoms. The summed E-state index contributed by atoms with van der Waals surface area (Å²) in [7, 11) is 1.96. The number of ether oxygens (including phenoxy) is 2. The molecule has 5 nitrogen and oxygen atoms in total. The molecule has 2 aliphatic carbocycles. The van der Waals surface area contributed by atoms with Crippen LogP contribution in [0.25, 0.3) is 0 Å². The van der Waals surface area contributed by atoms with E-state index in [9.17, 15) is 4.79 Å². The van der Waals surface area contributed by atoms with Crippen molar-refractivity contribution in [3.63, 3.8) is 0 Å². The molecule has 0 N–H and O–H groups in total. The Balaban J connectivity index is 1.15. The van der Waals surface area contributed by atoms with Gasteiger partial charge in [0.25, 0.3) is 5.91 Å². The Bertz CT molecular complexity index is 1010. The number of carbonyl (C=O) groups excluding carboxylic acids is 1. The normalized spacial score (nSPS) is 20.2. The molecule has 1 amide bonds. The van der Waals surface area contributed by atoms with E-state index in [1.807, 2.05) is 36.2 Å². The molecule has 2 aromatic rings. The van der Waals surface area contributed by atoms with E-state index in [2.05, 4.69) is 30.0 Å². The third kappa shape index (κ3) is 6.49. The maximum atomic E-state index is 13.2. The average Bonchev–Trinajstić information content (AvgIpc) is 3.76. The average molecular weight is 491 g/mol. The Kier molecular flexibility index (Phi) is 8.28. The minimum atomic E-state index is 0.0977. The highest BCUT2D eigenvalue weighted by molar-refractivity contribution is 5.94. The lowest BCUT2D eigenvalue weighted by Crippen LogP contribution is -2.40. The molecular formula is C31H42N2O3. The van der Waals surface area contributed by atoms with Gasteiger partial charge in [-0.2, -0.15) is 0 Å². The van der Waals surface area contributed by atoms with E-state index < -0.39 is 0 Å². The number of hydrogen-bond acceptors (Lipinski definition) is 4. The first-order valence-corrected chi connectivity index (χ1v) is 14.0. The van der Waals surface area contributed by atoms with Crippen molar-refractivity contribution in [2.75, 3.05) is 40.0 Å². The third-order valence-corrected chi connectivity index (χ3v) is 8.34. The zero-order chi connectivity index (χ0) is 24.9. The number of rotatable bonds is 10. The van der Waals surface area contributed by atoms with Crippen LogP contribution in [-0.2, 0) is 24.1 Å². The van der Waals surface area contributed by atoms with Gasteiger partial charge in [-0.25, -0.2) is 0 Å². The first-order chi connectivity index (χ1) is 17.6. The third-order valence-electron chi connectivity index (χ3n) is 8.34. The van der Waals surface area contributed by atoms with Gasteiger partial charge in [-0.05, 0) is 104 Å². The molecule has 1 heterocycles. The highest BCUT2D eigenvalue weighted by atomic mass is 16.5. The van der Waals surface area contributed by atoms with Crippen LogP contribution >= 0.6 is 0 Å². The largest absolute Gasteiger partial charge is 0.493 e. The molecule has 36 heavy (non-hydrogen) atoms. The topological polar surface area (TPSA) is 42.0 Å². The van der Waals surface area contributed by atoms with Gasteiger partial charge >= 0.3 is 0 Å². The quantitative estimate of drug-likeness (QED) is 0.450. The van der Waals surface area contributed by atoms with Gasteiger partial charge in [0.15, 0.2) is 0 Å². The molecule has 2 aromatic carbocycles. The molecule has 5 rings (SSSR count). The van der Waals surface area contributed by atoms with E-state index in [-0.39, 0.29) is 11.9 Å². The van der Waals surface area contributed by atoms with Crippen molar-refractivity contribution in [1.29, 1.82) is 0 Å². The van der Waals surface area contributed by atoms with Crippen LogP contribution in [0.3, 0.4) is 0 Å². The summed E-state index contributed by atoms with van der Waals surface area (Å²) < 4.78 is 11.4. The monoisotopic (exact) mass is 490 g/mol. The first kappa shape index (κ1) is 25.3. The predicted octanol–water partition coefficient (Wildman–Crippen LogP) is 5.35. The minimum absolute atomic E-state index is 0.0977. The molecule has 0 spiro atoms. The first-order valence-electron chi connectivity index (χ1n) is 14.0. The van der Waals surface area contributed by atoms with Crippen molar-refractivity contribution in [1.82, 2.24) is 9.80 Å². The van der Waals surface area contributed by atoms with Gasteiger partial charge in [0.1, 0.15) is 5.75 Å². The van der Waals surface area contributed by atoms with Gasteiger partial charge < -0.3 is 14.4 Å². The highest BCUT2D eigenvalue weighted by Gasteiger charge is 2.27. The van der Waals surface area contributed by atoms with E-state index in [1.165, 1.54) is 48.9 Å². The molecule has 2 fully saturated rings. The molecular weight excluding hydrogens is 448 g/mol. The minimum Gasteiger partial charge on any atom is -0.493 e. The van der Waals surface area contributed by atoms with E-state index in [4.69, 9.17) is 9.47 Å². The Morgan fingerprint density at radius 3 is 2.47 bits per heavy atom. The van der Waals surface area contributed by atoms with E-state index in [0.29, 0.717) is 0 Å². The molecule has 0 radical (unpaired) electrons. The van der Waals surface area contributed by atoms with Crippen LogP contribution in [0, 0.1) is 11.8 Å². The summed E-state index contributed by atoms with van der Waals surface area (Å²) in [6.45, 7) is 8.16. The molecule has 0 aromatic heterocycles. The second-order valence-corrected chi connectivity index (χ2v) is 11.1. The summed E-state index contributed by atoms with van der Waals surface area (Å²) in [5.41, 5.74) is 5.01. The van der Waals surface area contributed by atoms with Crippen LogP contribution in [0.1, 0.15) is 66.1 Å². The molecule has 3 aliphatic rings. The standard InChI is InChI=1S/C31H42N2O3/c1-3-33(20-23-14-16-35-17-15-23)21-25-6-7-28-19-29(11-8-27(28)18-25)32(2)31(34)26-9-12-30(13-10-26)36-22-24-4-5-24/h6-7,9-10,12-13,18,23-24,29H,3-5,8,11,14-17,19-22H2,1-2H3/t29-/m0/s1. The zero-order valence-electron chi connectivity index (χ0n) is 22.1. The second kappa shape index (κ2) is 11.8. The van der Waals surface area contributed by atoms with E-state index >= 15 is 0 Å². The number of likely N-dealkylation sites (N-methyl/N-ethyl adjacent to an activating group) is 1. The lowest BCUT2D eigenvalue weighted by molar-refractivity contribution is 0.0521. The number of aryl methyl sites for hydroxylation is 1. The Morgan fingerprint density at radius 1 is 0.972 bits per heavy atom. The summed E-state index contributed by atoms with van der Waals surface area (Å²) in [6.07, 6.45) is 7.91. The summed E-state index contributed by atoms with van der Waals surface area (Å²) in [4.78, 5) is 17.7. The van der Waals surface area contributed by atoms with Gasteiger partial charge in [0, 0.05) is 45.0 Å². The van der Waals surface area contributed by atoms with E-state index in [0.717, 1.165) is 75.3 Å². The Labute approximate surface area is 216 Å². The van der Waals surface area contributed by atoms with Crippen LogP contribution in [0.4, 0.5) is 0 Å². The van der Waals surface area contributed by atoms with Crippen molar-refractivity contribution in [3.05, 3.63) is 64.7 Å². The smallest absolute Gasteiger partial charge is 0.253 e. The highest BCUT2D eigenvalue weighted by Crippen LogP contribution is 2.30. The SMILES string of the molecule is CCN(Cc1ccc2c(c1)CC[C@H](N(C)C(=O)c1ccc(OCC3CC3)cc1)C2)CC1CCOCC1. The van der Waals surface area contributed by atoms with Crippen LogP contribution in [-0.4, -0.2) is 61.7 Å². The summed E-state index contributed by atoms with van der Waals surface area (Å²) >= 11 is 0. The Morgan fingerprint density at radius 2 is 1.75 bits per heavy atom. The number of nitrogens with zero attached hydrogens (tertiary/aromatic N) is 2. The van der Waals surface area contributed by atoms with Gasteiger partial charge in [-0.15, -0.1) is 0 Å². The fourth-order valence-corrected chi connectivity index (χ4v) is 5.64. The van der Waals surface area contributed by atoms with Gasteiger partial charge in [0.05, 0.1) is 6.61 Å². The number of amides is 1. The molecule has 0 unspecified atom stereocenters. The fourth-order valence-electron chi connectivity index (χ4n) is 5.64. The van der Waals surface area contributed by atoms with Crippen molar-refractivity contribution < 1.29 is 14.3 Å². The molecule has 0 bridgehead atoms. The molecule has 1 saturated carbocycles. The van der Waals surface area contributed by atoms with Gasteiger partial charge in [-0.3, -0.25) is 9.69 Å². The van der Waals surface area contributed by atoms with Crippen LogP contribution in [0.2, 0.25) is 0 Å². The van der Waals surface area contributed by atoms with Crippen LogP contribution in [0.5, 0.6) is 5.75 Å². The molecule has 1 aliphatic heterocycles. The van der Waals surface area contributed by atoms with Crippen LogP contribution < -0.4 is 4.74 Å². The van der Waals surface area contributed by atoms with Gasteiger partial charge in [0.2, 0.25) is 0 Å². The summed E-state index contributed by atoms with van der Waals surface area (Å²) in [6, 6.07) is 14.9. The number of benzene rings is 2. The van der Waals surface area contributed by atoms with Crippen molar-refractivity contribution in [2.45, 2.75) is 64.5 Å². The number of fused-ring (bicyclic) bond motifs is 1. The lowest BCUT2D eigenvalue weighted by Gasteiger charge is -2.33. The molecule has 1 saturated heterocycles. The Hall–Kier alpha value is -2.37. The van der Waals surface area contributed by atoms with Crippen molar-refractivity contribution in [3.8, 4) is 5.75 Å². The fraction of sp³-hybridized carbons (Fsp3) is 0.581. The predicted molar refractivity (Wildman–Crippen MR) is 144 cm³/mol. The van der Waals surface area contributed by atoms with Crippen molar-refractivity contribution in [2.24, 2.45) is 11.8 Å². The molecule has 1 atom stereocenters. The van der Waals surface area contributed by atoms with E-state index in [1.54, 1.807) is 0 Å². The van der Waals surface area contributed by atoms with Crippen molar-refractivity contribution >= 4 is 5.91 Å². The maximum Gasteiger partial charge on any atom is 0.253 e. The van der Waals surface area contributed by atoms with Crippen LogP contribution in [0.15, 0.2) is 42.5 Å². The summed E-state index contributed by atoms with van der Waals surface area (Å²) in [5.74, 6) is 2.44. The number of hydrogen-bond donors (Lipinski definition) is 0. The lowest BCUT2D eigenvalue weighted by atomic mass is 9.86. The second-order valence-electron chi connectivity index (χ2n) is 11.1. The zero-order valence-corrected chi connectivity index (χ0v) is 22.1. The maximum absolute atomic E-state index is 13.2.